The summed E-state index contributed by atoms with van der Waals surface area (Å²) in [5, 5.41) is 15.1. The lowest BCUT2D eigenvalue weighted by Gasteiger charge is -2.11. The van der Waals surface area contributed by atoms with Crippen LogP contribution in [0.5, 0.6) is 0 Å². The molecule has 1 unspecified atom stereocenters. The van der Waals surface area contributed by atoms with Gasteiger partial charge in [-0.2, -0.15) is 5.26 Å². The minimum absolute atomic E-state index is 0.319. The molecule has 5 nitrogen and oxygen atoms in total. The number of nitrogens with one attached hydrogen (secondary N) is 1. The van der Waals surface area contributed by atoms with Crippen LogP contribution in [0, 0.1) is 23.0 Å². The van der Waals surface area contributed by atoms with E-state index in [0.717, 1.165) is 12.1 Å². The van der Waals surface area contributed by atoms with E-state index in [1.807, 2.05) is 6.07 Å². The number of hydrogen-bond acceptors (Lipinski definition) is 3. The molecule has 0 aliphatic rings. The van der Waals surface area contributed by atoms with Gasteiger partial charge in [-0.05, 0) is 36.2 Å². The molecule has 0 spiro atoms. The van der Waals surface area contributed by atoms with Crippen molar-refractivity contribution in [2.24, 2.45) is 5.11 Å². The molecule has 94 valence electrons. The molecule has 0 saturated heterocycles. The highest BCUT2D eigenvalue weighted by Crippen LogP contribution is 2.15. The molecule has 7 heteroatoms. The first-order valence-corrected chi connectivity index (χ1v) is 5.28. The highest BCUT2D eigenvalue weighted by atomic mass is 19.2. The highest BCUT2D eigenvalue weighted by Gasteiger charge is 2.12. The Morgan fingerprint density at radius 3 is 2.83 bits per heavy atom. The first-order valence-electron chi connectivity index (χ1n) is 5.28. The third-order valence-electron chi connectivity index (χ3n) is 2.25. The van der Waals surface area contributed by atoms with Crippen molar-refractivity contribution in [1.82, 2.24) is 5.32 Å². The van der Waals surface area contributed by atoms with Crippen LogP contribution >= 0.6 is 0 Å². The summed E-state index contributed by atoms with van der Waals surface area (Å²) in [6.45, 7) is 0.760. The first kappa shape index (κ1) is 13.9. The number of halogens is 2. The maximum atomic E-state index is 13.0. The molecule has 1 aromatic carbocycles. The SMILES string of the molecule is N#CC(NCCCN=[N+]=[N-])c1ccc(F)c(F)c1. The largest absolute Gasteiger partial charge is 0.298 e. The van der Waals surface area contributed by atoms with Crippen LogP contribution in [0.3, 0.4) is 0 Å². The van der Waals surface area contributed by atoms with Crippen LogP contribution in [0.1, 0.15) is 18.0 Å². The second-order valence-corrected chi connectivity index (χ2v) is 3.50. The van der Waals surface area contributed by atoms with Gasteiger partial charge in [-0.25, -0.2) is 8.78 Å². The van der Waals surface area contributed by atoms with Gasteiger partial charge in [0.05, 0.1) is 6.07 Å². The molecule has 0 aliphatic carbocycles. The van der Waals surface area contributed by atoms with Gasteiger partial charge in [-0.1, -0.05) is 11.2 Å². The third kappa shape index (κ3) is 4.01. The number of nitriles is 1. The lowest BCUT2D eigenvalue weighted by atomic mass is 10.1. The van der Waals surface area contributed by atoms with Crippen molar-refractivity contribution >= 4 is 0 Å². The van der Waals surface area contributed by atoms with E-state index in [2.05, 4.69) is 15.3 Å². The van der Waals surface area contributed by atoms with E-state index >= 15 is 0 Å². The summed E-state index contributed by atoms with van der Waals surface area (Å²) in [5.74, 6) is -1.93. The zero-order valence-electron chi connectivity index (χ0n) is 9.48. The van der Waals surface area contributed by atoms with Gasteiger partial charge in [-0.15, -0.1) is 0 Å². The Balaban J connectivity index is 2.58. The summed E-state index contributed by atoms with van der Waals surface area (Å²) in [6, 6.07) is 4.56. The summed E-state index contributed by atoms with van der Waals surface area (Å²) in [4.78, 5) is 2.59. The number of hydrogen-bond donors (Lipinski definition) is 1. The summed E-state index contributed by atoms with van der Waals surface area (Å²) in [5.41, 5.74) is 8.43. The molecule has 1 N–H and O–H groups in total. The Bertz CT molecular complexity index is 491. The van der Waals surface area contributed by atoms with Crippen molar-refractivity contribution in [3.63, 3.8) is 0 Å². The fraction of sp³-hybridized carbons (Fsp3) is 0.364. The fourth-order valence-corrected chi connectivity index (χ4v) is 1.37. The van der Waals surface area contributed by atoms with Crippen molar-refractivity contribution in [3.8, 4) is 6.07 Å². The van der Waals surface area contributed by atoms with Crippen LogP contribution < -0.4 is 5.32 Å². The van der Waals surface area contributed by atoms with Gasteiger partial charge < -0.3 is 0 Å². The van der Waals surface area contributed by atoms with E-state index in [0.29, 0.717) is 25.1 Å². The Hall–Kier alpha value is -2.16. The van der Waals surface area contributed by atoms with Crippen molar-refractivity contribution in [1.29, 1.82) is 5.26 Å². The molecule has 0 fully saturated rings. The molecule has 0 amide bonds. The predicted molar refractivity (Wildman–Crippen MR) is 61.3 cm³/mol. The lowest BCUT2D eigenvalue weighted by Crippen LogP contribution is -2.21. The van der Waals surface area contributed by atoms with Gasteiger partial charge in [0, 0.05) is 11.5 Å². The van der Waals surface area contributed by atoms with E-state index in [1.165, 1.54) is 6.07 Å². The summed E-state index contributed by atoms with van der Waals surface area (Å²) < 4.78 is 25.7. The molecule has 0 aromatic heterocycles. The zero-order chi connectivity index (χ0) is 13.4. The maximum Gasteiger partial charge on any atom is 0.159 e. The predicted octanol–water partition coefficient (Wildman–Crippen LogP) is 2.82. The molecule has 0 aliphatic heterocycles. The lowest BCUT2D eigenvalue weighted by molar-refractivity contribution is 0.504. The Labute approximate surface area is 103 Å². The normalized spacial score (nSPS) is 11.4. The standard InChI is InChI=1S/C11H11F2N5/c12-9-3-2-8(6-10(9)13)11(7-14)16-4-1-5-17-18-15/h2-3,6,11,16H,1,4-5H2. The highest BCUT2D eigenvalue weighted by molar-refractivity contribution is 5.25. The molecule has 1 rings (SSSR count). The van der Waals surface area contributed by atoms with Crippen molar-refractivity contribution < 1.29 is 8.78 Å². The van der Waals surface area contributed by atoms with Crippen LogP contribution in [-0.4, -0.2) is 13.1 Å². The van der Waals surface area contributed by atoms with E-state index in [1.54, 1.807) is 0 Å². The summed E-state index contributed by atoms with van der Waals surface area (Å²) in [7, 11) is 0. The van der Waals surface area contributed by atoms with E-state index in [-0.39, 0.29) is 0 Å². The summed E-state index contributed by atoms with van der Waals surface area (Å²) in [6.07, 6.45) is 0.561. The van der Waals surface area contributed by atoms with Crippen molar-refractivity contribution in [3.05, 3.63) is 45.8 Å². The summed E-state index contributed by atoms with van der Waals surface area (Å²) >= 11 is 0. The van der Waals surface area contributed by atoms with Crippen LogP contribution in [0.4, 0.5) is 8.78 Å². The molecule has 1 atom stereocenters. The topological polar surface area (TPSA) is 84.6 Å². The van der Waals surface area contributed by atoms with Crippen LogP contribution in [-0.2, 0) is 0 Å². The van der Waals surface area contributed by atoms with Gasteiger partial charge in [0.15, 0.2) is 11.6 Å². The van der Waals surface area contributed by atoms with Crippen molar-refractivity contribution in [2.45, 2.75) is 12.5 Å². The molecule has 0 bridgehead atoms. The number of benzene rings is 1. The third-order valence-corrected chi connectivity index (χ3v) is 2.25. The zero-order valence-corrected chi connectivity index (χ0v) is 9.48. The van der Waals surface area contributed by atoms with Crippen LogP contribution in [0.15, 0.2) is 23.3 Å². The van der Waals surface area contributed by atoms with Crippen LogP contribution in [0.25, 0.3) is 10.4 Å². The molecule has 1 aromatic rings. The number of nitrogens with zero attached hydrogens (tertiary/aromatic N) is 4. The second kappa shape index (κ2) is 7.22. The van der Waals surface area contributed by atoms with Gasteiger partial charge in [0.1, 0.15) is 6.04 Å². The minimum atomic E-state index is -0.983. The maximum absolute atomic E-state index is 13.0. The fourth-order valence-electron chi connectivity index (χ4n) is 1.37. The van der Waals surface area contributed by atoms with Crippen molar-refractivity contribution in [2.75, 3.05) is 13.1 Å². The molecule has 18 heavy (non-hydrogen) atoms. The van der Waals surface area contributed by atoms with Crippen LogP contribution in [0.2, 0.25) is 0 Å². The Morgan fingerprint density at radius 1 is 1.44 bits per heavy atom. The van der Waals surface area contributed by atoms with Gasteiger partial charge in [0.2, 0.25) is 0 Å². The van der Waals surface area contributed by atoms with Gasteiger partial charge >= 0.3 is 0 Å². The second-order valence-electron chi connectivity index (χ2n) is 3.50. The van der Waals surface area contributed by atoms with E-state index in [4.69, 9.17) is 10.8 Å². The Morgan fingerprint density at radius 2 is 2.22 bits per heavy atom. The van der Waals surface area contributed by atoms with E-state index in [9.17, 15) is 8.78 Å². The smallest absolute Gasteiger partial charge is 0.159 e. The molecule has 0 saturated carbocycles. The monoisotopic (exact) mass is 251 g/mol. The molecular formula is C11H11F2N5. The van der Waals surface area contributed by atoms with Gasteiger partial charge in [0.25, 0.3) is 0 Å². The molecule has 0 radical (unpaired) electrons. The number of rotatable bonds is 6. The quantitative estimate of drug-likeness (QED) is 0.365. The molecule has 0 heterocycles. The first-order chi connectivity index (χ1) is 8.69. The average Bonchev–Trinajstić information content (AvgIpc) is 2.37. The van der Waals surface area contributed by atoms with Gasteiger partial charge in [-0.3, -0.25) is 5.32 Å². The Kier molecular flexibility index (Phi) is 5.58. The number of azide groups is 1. The van der Waals surface area contributed by atoms with E-state index < -0.39 is 17.7 Å². The molecular weight excluding hydrogens is 240 g/mol. The average molecular weight is 251 g/mol. The minimum Gasteiger partial charge on any atom is -0.298 e.